The summed E-state index contributed by atoms with van der Waals surface area (Å²) in [5.74, 6) is 1.41. The predicted molar refractivity (Wildman–Crippen MR) is 77.0 cm³/mol. The molecule has 3 aromatic rings. The summed E-state index contributed by atoms with van der Waals surface area (Å²) in [6, 6.07) is 7.58. The normalized spacial score (nSPS) is 10.8. The van der Waals surface area contributed by atoms with Gasteiger partial charge in [-0.2, -0.15) is 0 Å². The van der Waals surface area contributed by atoms with Crippen molar-refractivity contribution < 1.29 is 4.74 Å². The van der Waals surface area contributed by atoms with Crippen LogP contribution in [0.3, 0.4) is 0 Å². The molecule has 1 aromatic carbocycles. The van der Waals surface area contributed by atoms with E-state index in [1.807, 2.05) is 36.6 Å². The Hall–Kier alpha value is -2.14. The molecule has 3 rings (SSSR count). The van der Waals surface area contributed by atoms with Gasteiger partial charge in [-0.1, -0.05) is 0 Å². The third kappa shape index (κ3) is 2.02. The maximum atomic E-state index is 11.9. The zero-order chi connectivity index (χ0) is 13.4. The van der Waals surface area contributed by atoms with Crippen molar-refractivity contribution in [3.63, 3.8) is 0 Å². The number of aromatic amines is 1. The number of thiophene rings is 1. The van der Waals surface area contributed by atoms with E-state index < -0.39 is 0 Å². The third-order valence-corrected chi connectivity index (χ3v) is 3.89. The topological polar surface area (TPSA) is 55.0 Å². The summed E-state index contributed by atoms with van der Waals surface area (Å²) >= 11 is 1.40. The second-order valence-electron chi connectivity index (χ2n) is 4.23. The Labute approximate surface area is 113 Å². The minimum Gasteiger partial charge on any atom is -0.496 e. The summed E-state index contributed by atoms with van der Waals surface area (Å²) in [5.41, 5.74) is 2.53. The standard InChI is InChI=1S/C14H12N2O2S/c1-8-7-9(3-4-11(8)18-2)13-15-10-5-6-19-12(10)14(17)16-13/h3-7H,1-2H3,(H,15,16,17). The number of hydrogen-bond acceptors (Lipinski definition) is 4. The molecule has 0 amide bonds. The molecule has 5 heteroatoms. The van der Waals surface area contributed by atoms with E-state index in [4.69, 9.17) is 4.74 Å². The van der Waals surface area contributed by atoms with Gasteiger partial charge in [-0.15, -0.1) is 11.3 Å². The van der Waals surface area contributed by atoms with E-state index in [9.17, 15) is 4.79 Å². The van der Waals surface area contributed by atoms with Gasteiger partial charge in [0.25, 0.3) is 5.56 Å². The van der Waals surface area contributed by atoms with Crippen LogP contribution in [0.5, 0.6) is 5.75 Å². The maximum Gasteiger partial charge on any atom is 0.269 e. The number of ether oxygens (including phenoxy) is 1. The Morgan fingerprint density at radius 3 is 2.89 bits per heavy atom. The second kappa shape index (κ2) is 4.51. The Morgan fingerprint density at radius 1 is 1.32 bits per heavy atom. The quantitative estimate of drug-likeness (QED) is 0.780. The molecule has 2 aromatic heterocycles. The molecule has 0 spiro atoms. The van der Waals surface area contributed by atoms with Gasteiger partial charge in [-0.05, 0) is 42.1 Å². The molecule has 0 aliphatic carbocycles. The van der Waals surface area contributed by atoms with E-state index >= 15 is 0 Å². The molecule has 0 aliphatic rings. The van der Waals surface area contributed by atoms with Gasteiger partial charge in [-0.3, -0.25) is 4.79 Å². The third-order valence-electron chi connectivity index (χ3n) is 2.98. The molecule has 0 radical (unpaired) electrons. The van der Waals surface area contributed by atoms with Gasteiger partial charge in [0.1, 0.15) is 16.3 Å². The lowest BCUT2D eigenvalue weighted by molar-refractivity contribution is 0.412. The van der Waals surface area contributed by atoms with Crippen LogP contribution in [-0.2, 0) is 0 Å². The number of nitrogens with zero attached hydrogens (tertiary/aromatic N) is 1. The first-order valence-electron chi connectivity index (χ1n) is 5.81. The van der Waals surface area contributed by atoms with E-state index in [-0.39, 0.29) is 5.56 Å². The number of fused-ring (bicyclic) bond motifs is 1. The molecule has 0 saturated heterocycles. The minimum atomic E-state index is -0.0940. The largest absolute Gasteiger partial charge is 0.496 e. The summed E-state index contributed by atoms with van der Waals surface area (Å²) in [4.78, 5) is 19.2. The average molecular weight is 272 g/mol. The molecular weight excluding hydrogens is 260 g/mol. The van der Waals surface area contributed by atoms with Crippen molar-refractivity contribution in [1.29, 1.82) is 0 Å². The molecule has 2 heterocycles. The highest BCUT2D eigenvalue weighted by molar-refractivity contribution is 7.17. The van der Waals surface area contributed by atoms with Crippen LogP contribution >= 0.6 is 11.3 Å². The predicted octanol–water partition coefficient (Wildman–Crippen LogP) is 2.97. The first kappa shape index (κ1) is 11.9. The van der Waals surface area contributed by atoms with E-state index in [0.29, 0.717) is 10.5 Å². The van der Waals surface area contributed by atoms with Crippen molar-refractivity contribution in [1.82, 2.24) is 9.97 Å². The molecular formula is C14H12N2O2S. The van der Waals surface area contributed by atoms with Gasteiger partial charge in [0.2, 0.25) is 0 Å². The fourth-order valence-corrected chi connectivity index (χ4v) is 2.76. The van der Waals surface area contributed by atoms with Crippen LogP contribution in [-0.4, -0.2) is 17.1 Å². The summed E-state index contributed by atoms with van der Waals surface area (Å²) in [7, 11) is 1.64. The second-order valence-corrected chi connectivity index (χ2v) is 5.15. The van der Waals surface area contributed by atoms with Gasteiger partial charge in [0, 0.05) is 5.56 Å². The monoisotopic (exact) mass is 272 g/mol. The van der Waals surface area contributed by atoms with Gasteiger partial charge >= 0.3 is 0 Å². The number of benzene rings is 1. The van der Waals surface area contributed by atoms with Crippen molar-refractivity contribution in [2.75, 3.05) is 7.11 Å². The molecule has 1 N–H and O–H groups in total. The lowest BCUT2D eigenvalue weighted by Crippen LogP contribution is -2.07. The number of methoxy groups -OCH3 is 1. The molecule has 0 saturated carbocycles. The lowest BCUT2D eigenvalue weighted by Gasteiger charge is -2.07. The van der Waals surface area contributed by atoms with Crippen LogP contribution < -0.4 is 10.3 Å². The molecule has 0 fully saturated rings. The zero-order valence-corrected chi connectivity index (χ0v) is 11.4. The molecule has 4 nitrogen and oxygen atoms in total. The van der Waals surface area contributed by atoms with E-state index in [2.05, 4.69) is 9.97 Å². The van der Waals surface area contributed by atoms with E-state index in [1.54, 1.807) is 7.11 Å². The summed E-state index contributed by atoms with van der Waals surface area (Å²) < 4.78 is 5.89. The van der Waals surface area contributed by atoms with E-state index in [0.717, 1.165) is 22.4 Å². The maximum absolute atomic E-state index is 11.9. The Kier molecular flexibility index (Phi) is 2.83. The van der Waals surface area contributed by atoms with Gasteiger partial charge in [0.15, 0.2) is 0 Å². The molecule has 0 aliphatic heterocycles. The lowest BCUT2D eigenvalue weighted by atomic mass is 10.1. The van der Waals surface area contributed by atoms with Crippen LogP contribution in [0, 0.1) is 6.92 Å². The molecule has 19 heavy (non-hydrogen) atoms. The van der Waals surface area contributed by atoms with Crippen LogP contribution in [0.2, 0.25) is 0 Å². The smallest absolute Gasteiger partial charge is 0.269 e. The average Bonchev–Trinajstić information content (AvgIpc) is 2.87. The van der Waals surface area contributed by atoms with Crippen molar-refractivity contribution in [2.24, 2.45) is 0 Å². The Balaban J connectivity index is 2.18. The number of aryl methyl sites for hydroxylation is 1. The zero-order valence-electron chi connectivity index (χ0n) is 10.6. The SMILES string of the molecule is COc1ccc(-c2nc3ccsc3c(=O)[nH]2)cc1C. The van der Waals surface area contributed by atoms with Crippen LogP contribution in [0.4, 0.5) is 0 Å². The van der Waals surface area contributed by atoms with Gasteiger partial charge in [-0.25, -0.2) is 4.98 Å². The summed E-state index contributed by atoms with van der Waals surface area (Å²) in [6.07, 6.45) is 0. The van der Waals surface area contributed by atoms with Crippen molar-refractivity contribution in [3.8, 4) is 17.1 Å². The highest BCUT2D eigenvalue weighted by atomic mass is 32.1. The van der Waals surface area contributed by atoms with Crippen molar-refractivity contribution >= 4 is 21.6 Å². The van der Waals surface area contributed by atoms with Crippen molar-refractivity contribution in [2.45, 2.75) is 6.92 Å². The number of H-pyrrole nitrogens is 1. The first-order chi connectivity index (χ1) is 9.19. The molecule has 0 atom stereocenters. The summed E-state index contributed by atoms with van der Waals surface area (Å²) in [5, 5.41) is 1.87. The van der Waals surface area contributed by atoms with Gasteiger partial charge in [0.05, 0.1) is 12.6 Å². The van der Waals surface area contributed by atoms with Crippen LogP contribution in [0.15, 0.2) is 34.4 Å². The van der Waals surface area contributed by atoms with Crippen LogP contribution in [0.1, 0.15) is 5.56 Å². The fourth-order valence-electron chi connectivity index (χ4n) is 2.04. The summed E-state index contributed by atoms with van der Waals surface area (Å²) in [6.45, 7) is 1.96. The Morgan fingerprint density at radius 2 is 2.16 bits per heavy atom. The molecule has 96 valence electrons. The van der Waals surface area contributed by atoms with Crippen LogP contribution in [0.25, 0.3) is 21.6 Å². The number of aromatic nitrogens is 2. The minimum absolute atomic E-state index is 0.0940. The van der Waals surface area contributed by atoms with Crippen molar-refractivity contribution in [3.05, 3.63) is 45.6 Å². The van der Waals surface area contributed by atoms with E-state index in [1.165, 1.54) is 11.3 Å². The highest BCUT2D eigenvalue weighted by Gasteiger charge is 2.08. The molecule has 0 bridgehead atoms. The Bertz CT molecular complexity index is 805. The highest BCUT2D eigenvalue weighted by Crippen LogP contribution is 2.24. The fraction of sp³-hybridized carbons (Fsp3) is 0.143. The number of rotatable bonds is 2. The van der Waals surface area contributed by atoms with Gasteiger partial charge < -0.3 is 9.72 Å². The number of hydrogen-bond donors (Lipinski definition) is 1. The first-order valence-corrected chi connectivity index (χ1v) is 6.69. The number of nitrogens with one attached hydrogen (secondary N) is 1. The molecule has 0 unspecified atom stereocenters.